The molecule has 1 aliphatic rings. The highest BCUT2D eigenvalue weighted by atomic mass is 16.5. The normalized spacial score (nSPS) is 20.2. The van der Waals surface area contributed by atoms with Gasteiger partial charge < -0.3 is 19.5 Å². The van der Waals surface area contributed by atoms with Crippen molar-refractivity contribution in [2.75, 3.05) is 25.5 Å². The van der Waals surface area contributed by atoms with E-state index in [4.69, 9.17) is 0 Å². The minimum atomic E-state index is -0.490. The van der Waals surface area contributed by atoms with Crippen LogP contribution in [0.25, 0.3) is 0 Å². The fourth-order valence-corrected chi connectivity index (χ4v) is 3.03. The van der Waals surface area contributed by atoms with E-state index in [1.807, 2.05) is 10.8 Å². The number of nitrogens with zero attached hydrogens (tertiary/aromatic N) is 4. The van der Waals surface area contributed by atoms with Crippen LogP contribution in [0, 0.1) is 5.92 Å². The lowest BCUT2D eigenvalue weighted by Gasteiger charge is -2.37. The molecule has 0 aliphatic carbocycles. The quantitative estimate of drug-likeness (QED) is 0.863. The van der Waals surface area contributed by atoms with Crippen LogP contribution in [0.1, 0.15) is 29.7 Å². The second-order valence-electron chi connectivity index (χ2n) is 6.17. The average molecular weight is 343 g/mol. The number of carbonyl (C=O) groups is 2. The van der Waals surface area contributed by atoms with Gasteiger partial charge in [0, 0.05) is 31.7 Å². The molecule has 25 heavy (non-hydrogen) atoms. The number of methoxy groups -OCH3 is 1. The summed E-state index contributed by atoms with van der Waals surface area (Å²) in [5, 5.41) is 2.80. The first-order valence-electron chi connectivity index (χ1n) is 8.15. The number of carbonyl (C=O) groups excluding carboxylic acids is 2. The van der Waals surface area contributed by atoms with Gasteiger partial charge in [-0.2, -0.15) is 0 Å². The Morgan fingerprint density at radius 3 is 2.88 bits per heavy atom. The summed E-state index contributed by atoms with van der Waals surface area (Å²) in [7, 11) is 1.30. The maximum Gasteiger partial charge on any atom is 0.339 e. The molecule has 0 saturated carbocycles. The maximum absolute atomic E-state index is 12.6. The molecule has 1 fully saturated rings. The first-order chi connectivity index (χ1) is 12.1. The van der Waals surface area contributed by atoms with Gasteiger partial charge in [-0.25, -0.2) is 14.6 Å². The second-order valence-corrected chi connectivity index (χ2v) is 6.17. The van der Waals surface area contributed by atoms with Gasteiger partial charge in [0.1, 0.15) is 0 Å². The summed E-state index contributed by atoms with van der Waals surface area (Å²) in [5.41, 5.74) is 0.759. The van der Waals surface area contributed by atoms with E-state index in [0.717, 1.165) is 6.42 Å². The number of imidazole rings is 1. The number of aromatic nitrogens is 3. The number of rotatable bonds is 3. The van der Waals surface area contributed by atoms with Crippen LogP contribution in [-0.2, 0) is 4.74 Å². The van der Waals surface area contributed by atoms with Crippen LogP contribution >= 0.6 is 0 Å². The van der Waals surface area contributed by atoms with Crippen LogP contribution < -0.4 is 5.32 Å². The molecule has 0 bridgehead atoms. The number of piperidine rings is 1. The van der Waals surface area contributed by atoms with Gasteiger partial charge in [0.2, 0.25) is 0 Å². The van der Waals surface area contributed by atoms with E-state index in [1.54, 1.807) is 23.5 Å². The second kappa shape index (κ2) is 7.33. The zero-order valence-corrected chi connectivity index (χ0v) is 14.3. The molecule has 1 aliphatic heterocycles. The number of hydrogen-bond donors (Lipinski definition) is 1. The Morgan fingerprint density at radius 1 is 1.32 bits per heavy atom. The van der Waals surface area contributed by atoms with Crippen LogP contribution in [0.4, 0.5) is 10.5 Å². The molecule has 2 amide bonds. The Hall–Kier alpha value is -2.90. The molecule has 1 saturated heterocycles. The molecule has 0 aromatic carbocycles. The van der Waals surface area contributed by atoms with E-state index in [2.05, 4.69) is 26.9 Å². The zero-order valence-electron chi connectivity index (χ0n) is 14.3. The average Bonchev–Trinajstić information content (AvgIpc) is 3.16. The van der Waals surface area contributed by atoms with Crippen molar-refractivity contribution in [3.8, 4) is 0 Å². The van der Waals surface area contributed by atoms with Crippen LogP contribution in [0.15, 0.2) is 37.2 Å². The molecule has 0 unspecified atom stereocenters. The van der Waals surface area contributed by atoms with E-state index in [1.165, 1.54) is 19.5 Å². The summed E-state index contributed by atoms with van der Waals surface area (Å²) in [6.07, 6.45) is 9.27. The molecule has 8 heteroatoms. The number of esters is 1. The van der Waals surface area contributed by atoms with Crippen LogP contribution in [-0.4, -0.2) is 51.6 Å². The van der Waals surface area contributed by atoms with E-state index in [9.17, 15) is 9.59 Å². The number of ether oxygens (including phenoxy) is 1. The molecule has 3 heterocycles. The third kappa shape index (κ3) is 3.78. The minimum Gasteiger partial charge on any atom is -0.465 e. The van der Waals surface area contributed by atoms with Crippen LogP contribution in [0.5, 0.6) is 0 Å². The van der Waals surface area contributed by atoms with E-state index >= 15 is 0 Å². The molecule has 2 atom stereocenters. The van der Waals surface area contributed by atoms with Gasteiger partial charge in [-0.15, -0.1) is 0 Å². The summed E-state index contributed by atoms with van der Waals surface area (Å²) in [4.78, 5) is 34.0. The van der Waals surface area contributed by atoms with Gasteiger partial charge in [0.25, 0.3) is 0 Å². The van der Waals surface area contributed by atoms with E-state index in [0.29, 0.717) is 30.3 Å². The Morgan fingerprint density at radius 2 is 2.16 bits per heavy atom. The van der Waals surface area contributed by atoms with Crippen molar-refractivity contribution < 1.29 is 14.3 Å². The van der Waals surface area contributed by atoms with Gasteiger partial charge in [-0.1, -0.05) is 6.92 Å². The Bertz CT molecular complexity index is 747. The van der Waals surface area contributed by atoms with E-state index in [-0.39, 0.29) is 12.1 Å². The standard InChI is InChI=1S/C17H21N5O3/c1-12-3-5-21(10-15(12)22-6-4-18-11-22)17(24)20-14-7-13(8-19-9-14)16(23)25-2/h4,6-9,11-12,15H,3,5,10H2,1-2H3,(H,20,24)/t12-,15+/m1/s1. The number of urea groups is 1. The molecule has 132 valence electrons. The highest BCUT2D eigenvalue weighted by Gasteiger charge is 2.29. The van der Waals surface area contributed by atoms with Crippen molar-refractivity contribution in [2.45, 2.75) is 19.4 Å². The Kier molecular flexibility index (Phi) is 4.97. The molecule has 2 aromatic rings. The number of anilines is 1. The largest absolute Gasteiger partial charge is 0.465 e. The first kappa shape index (κ1) is 16.9. The molecule has 8 nitrogen and oxygen atoms in total. The molecule has 1 N–H and O–H groups in total. The van der Waals surface area contributed by atoms with Crippen molar-refractivity contribution in [3.05, 3.63) is 42.7 Å². The van der Waals surface area contributed by atoms with Crippen LogP contribution in [0.3, 0.4) is 0 Å². The van der Waals surface area contributed by atoms with Gasteiger partial charge in [-0.3, -0.25) is 4.98 Å². The lowest BCUT2D eigenvalue weighted by Crippen LogP contribution is -2.45. The SMILES string of the molecule is COC(=O)c1cncc(NC(=O)N2CC[C@@H](C)[C@@H](n3ccnc3)C2)c1. The predicted octanol–water partition coefficient (Wildman–Crippen LogP) is 2.18. The van der Waals surface area contributed by atoms with Gasteiger partial charge >= 0.3 is 12.0 Å². The predicted molar refractivity (Wildman–Crippen MR) is 91.2 cm³/mol. The zero-order chi connectivity index (χ0) is 17.8. The molecule has 2 aromatic heterocycles. The van der Waals surface area contributed by atoms with Crippen molar-refractivity contribution >= 4 is 17.7 Å². The number of nitrogens with one attached hydrogen (secondary N) is 1. The third-order valence-corrected chi connectivity index (χ3v) is 4.52. The number of likely N-dealkylation sites (tertiary alicyclic amines) is 1. The molecule has 0 spiro atoms. The minimum absolute atomic E-state index is 0.196. The van der Waals surface area contributed by atoms with Crippen molar-refractivity contribution in [1.29, 1.82) is 0 Å². The smallest absolute Gasteiger partial charge is 0.339 e. The summed E-state index contributed by atoms with van der Waals surface area (Å²) in [6.45, 7) is 3.47. The highest BCUT2D eigenvalue weighted by Crippen LogP contribution is 2.27. The Balaban J connectivity index is 1.68. The summed E-state index contributed by atoms with van der Waals surface area (Å²) >= 11 is 0. The van der Waals surface area contributed by atoms with Crippen molar-refractivity contribution in [1.82, 2.24) is 19.4 Å². The monoisotopic (exact) mass is 343 g/mol. The Labute approximate surface area is 145 Å². The van der Waals surface area contributed by atoms with Gasteiger partial charge in [0.15, 0.2) is 0 Å². The fraction of sp³-hybridized carbons (Fsp3) is 0.412. The maximum atomic E-state index is 12.6. The van der Waals surface area contributed by atoms with Gasteiger partial charge in [-0.05, 0) is 18.4 Å². The fourth-order valence-electron chi connectivity index (χ4n) is 3.03. The summed E-state index contributed by atoms with van der Waals surface area (Å²) in [5.74, 6) is -0.0295. The molecule has 3 rings (SSSR count). The topological polar surface area (TPSA) is 89.3 Å². The summed E-state index contributed by atoms with van der Waals surface area (Å²) in [6, 6.07) is 1.54. The van der Waals surface area contributed by atoms with Crippen molar-refractivity contribution in [2.24, 2.45) is 5.92 Å². The molecular formula is C17H21N5O3. The third-order valence-electron chi connectivity index (χ3n) is 4.52. The first-order valence-corrected chi connectivity index (χ1v) is 8.15. The highest BCUT2D eigenvalue weighted by molar-refractivity contribution is 5.93. The number of pyridine rings is 1. The number of hydrogen-bond acceptors (Lipinski definition) is 5. The summed E-state index contributed by atoms with van der Waals surface area (Å²) < 4.78 is 6.71. The van der Waals surface area contributed by atoms with Crippen LogP contribution in [0.2, 0.25) is 0 Å². The lowest BCUT2D eigenvalue weighted by molar-refractivity contribution is 0.0600. The molecular weight excluding hydrogens is 322 g/mol. The lowest BCUT2D eigenvalue weighted by atomic mass is 9.93. The van der Waals surface area contributed by atoms with Gasteiger partial charge in [0.05, 0.1) is 36.9 Å². The number of amides is 2. The molecule has 0 radical (unpaired) electrons. The van der Waals surface area contributed by atoms with E-state index < -0.39 is 5.97 Å². The van der Waals surface area contributed by atoms with Crippen molar-refractivity contribution in [3.63, 3.8) is 0 Å².